The van der Waals surface area contributed by atoms with E-state index in [1.165, 1.54) is 0 Å². The number of piperidine rings is 1. The van der Waals surface area contributed by atoms with Crippen LogP contribution in [0.2, 0.25) is 10.0 Å². The number of methoxy groups -OCH3 is 1. The van der Waals surface area contributed by atoms with E-state index in [4.69, 9.17) is 27.9 Å². The largest absolute Gasteiger partial charge is 0.481 e. The van der Waals surface area contributed by atoms with Gasteiger partial charge in [0, 0.05) is 53.3 Å². The highest BCUT2D eigenvalue weighted by Crippen LogP contribution is 2.52. The molecule has 5 rings (SSSR count). The highest BCUT2D eigenvalue weighted by molar-refractivity contribution is 7.89. The molecule has 2 aliphatic rings. The number of likely N-dealkylation sites (tertiary alicyclic amines) is 1. The number of amides is 1. The van der Waals surface area contributed by atoms with Crippen molar-refractivity contribution in [3.63, 3.8) is 0 Å². The lowest BCUT2D eigenvalue weighted by molar-refractivity contribution is -0.155. The number of benzene rings is 2. The van der Waals surface area contributed by atoms with Crippen LogP contribution in [0.1, 0.15) is 61.9 Å². The highest BCUT2D eigenvalue weighted by atomic mass is 35.5. The lowest BCUT2D eigenvalue weighted by Crippen LogP contribution is -2.58. The van der Waals surface area contributed by atoms with Gasteiger partial charge in [-0.2, -0.15) is 4.31 Å². The zero-order valence-corrected chi connectivity index (χ0v) is 26.5. The number of nitrogens with zero attached hydrogens (tertiary/aromatic N) is 3. The second-order valence-electron chi connectivity index (χ2n) is 11.6. The molecule has 224 valence electrons. The molecule has 2 aliphatic heterocycles. The van der Waals surface area contributed by atoms with Gasteiger partial charge < -0.3 is 9.64 Å². The van der Waals surface area contributed by atoms with Crippen molar-refractivity contribution in [3.8, 4) is 5.88 Å². The summed E-state index contributed by atoms with van der Waals surface area (Å²) >= 11 is 12.8. The molecule has 7 nitrogen and oxygen atoms in total. The van der Waals surface area contributed by atoms with E-state index in [2.05, 4.69) is 11.1 Å². The van der Waals surface area contributed by atoms with Crippen LogP contribution in [0.15, 0.2) is 66.7 Å². The molecule has 0 aliphatic carbocycles. The Balaban J connectivity index is 1.65. The number of halogens is 2. The zero-order valence-electron chi connectivity index (χ0n) is 24.2. The maximum atomic E-state index is 14.9. The molecule has 0 unspecified atom stereocenters. The predicted molar refractivity (Wildman–Crippen MR) is 167 cm³/mol. The van der Waals surface area contributed by atoms with E-state index in [0.29, 0.717) is 48.2 Å². The van der Waals surface area contributed by atoms with E-state index >= 15 is 0 Å². The minimum Gasteiger partial charge on any atom is -0.481 e. The van der Waals surface area contributed by atoms with Crippen molar-refractivity contribution in [3.05, 3.63) is 93.6 Å². The first-order chi connectivity index (χ1) is 20.0. The van der Waals surface area contributed by atoms with Gasteiger partial charge >= 0.3 is 0 Å². The smallest absolute Gasteiger partial charge is 0.229 e. The summed E-state index contributed by atoms with van der Waals surface area (Å²) in [6.45, 7) is 4.74. The molecule has 1 aromatic heterocycles. The number of hydrogen-bond donors (Lipinski definition) is 0. The van der Waals surface area contributed by atoms with Gasteiger partial charge in [-0.05, 0) is 60.7 Å². The van der Waals surface area contributed by atoms with Gasteiger partial charge in [-0.3, -0.25) is 4.79 Å². The van der Waals surface area contributed by atoms with Gasteiger partial charge in [0.15, 0.2) is 0 Å². The maximum Gasteiger partial charge on any atom is 0.229 e. The van der Waals surface area contributed by atoms with Crippen molar-refractivity contribution in [1.82, 2.24) is 14.2 Å². The summed E-state index contributed by atoms with van der Waals surface area (Å²) < 4.78 is 32.7. The van der Waals surface area contributed by atoms with Gasteiger partial charge in [0.25, 0.3) is 0 Å². The van der Waals surface area contributed by atoms with E-state index in [1.807, 2.05) is 73.3 Å². The SMILES string of the molecule is CC[C@@H](CN1CCCS1(=O)=O)N1C(=O)[C@@](C)(Cc2cccc(OC)n2)C[C@H](c2cccc(Cl)c2)[C@H]1c1ccc(Cl)cc1. The van der Waals surface area contributed by atoms with Gasteiger partial charge in [-0.25, -0.2) is 13.4 Å². The van der Waals surface area contributed by atoms with Crippen LogP contribution in [-0.4, -0.2) is 60.5 Å². The maximum absolute atomic E-state index is 14.9. The van der Waals surface area contributed by atoms with E-state index in [1.54, 1.807) is 17.5 Å². The summed E-state index contributed by atoms with van der Waals surface area (Å²) in [5.74, 6) is 0.492. The summed E-state index contributed by atoms with van der Waals surface area (Å²) in [6.07, 6.45) is 2.14. The minimum absolute atomic E-state index is 0.0196. The normalized spacial score (nSPS) is 25.0. The van der Waals surface area contributed by atoms with Crippen LogP contribution in [0.3, 0.4) is 0 Å². The van der Waals surface area contributed by atoms with Crippen LogP contribution in [0.5, 0.6) is 5.88 Å². The minimum atomic E-state index is -3.36. The molecule has 0 saturated carbocycles. The number of pyridine rings is 1. The summed E-state index contributed by atoms with van der Waals surface area (Å²) in [6, 6.07) is 20.3. The summed E-state index contributed by atoms with van der Waals surface area (Å²) in [4.78, 5) is 21.5. The molecular formula is C32H37Cl2N3O4S. The predicted octanol–water partition coefficient (Wildman–Crippen LogP) is 6.52. The number of aromatic nitrogens is 1. The molecule has 2 fully saturated rings. The molecule has 0 radical (unpaired) electrons. The van der Waals surface area contributed by atoms with Crippen molar-refractivity contribution >= 4 is 39.1 Å². The van der Waals surface area contributed by atoms with Crippen LogP contribution in [0, 0.1) is 5.41 Å². The lowest BCUT2D eigenvalue weighted by atomic mass is 9.66. The molecule has 1 amide bonds. The first-order valence-electron chi connectivity index (χ1n) is 14.4. The zero-order chi connectivity index (χ0) is 30.1. The Kier molecular flexibility index (Phi) is 9.19. The Hall–Kier alpha value is -2.65. The van der Waals surface area contributed by atoms with Gasteiger partial charge in [0.2, 0.25) is 21.8 Å². The van der Waals surface area contributed by atoms with Crippen LogP contribution >= 0.6 is 23.2 Å². The Bertz CT molecular complexity index is 1530. The van der Waals surface area contributed by atoms with Gasteiger partial charge in [0.05, 0.1) is 24.3 Å². The quantitative estimate of drug-likeness (QED) is 0.269. The number of sulfonamides is 1. The molecule has 0 spiro atoms. The van der Waals surface area contributed by atoms with Crippen LogP contribution in [-0.2, 0) is 21.2 Å². The standard InChI is InChI=1S/C32H37Cl2N3O4S/c1-4-27(21-36-16-7-17-42(36,39)40)37-30(22-12-14-24(33)15-13-22)28(23-8-5-9-25(34)18-23)20-32(2,31(37)38)19-26-10-6-11-29(35-26)41-3/h5-6,8-15,18,27-28,30H,4,7,16-17,19-21H2,1-3H3/t27-,28+,30+,32-/m0/s1. The van der Waals surface area contributed by atoms with E-state index in [0.717, 1.165) is 16.8 Å². The van der Waals surface area contributed by atoms with E-state index < -0.39 is 15.4 Å². The Morgan fingerprint density at radius 3 is 2.43 bits per heavy atom. The van der Waals surface area contributed by atoms with E-state index in [-0.39, 0.29) is 36.2 Å². The van der Waals surface area contributed by atoms with Crippen molar-refractivity contribution < 1.29 is 17.9 Å². The van der Waals surface area contributed by atoms with Gasteiger partial charge in [0.1, 0.15) is 0 Å². The van der Waals surface area contributed by atoms with Gasteiger partial charge in [-0.15, -0.1) is 0 Å². The Labute approximate surface area is 258 Å². The molecule has 2 saturated heterocycles. The fourth-order valence-electron chi connectivity index (χ4n) is 6.56. The van der Waals surface area contributed by atoms with Crippen molar-refractivity contribution in [1.29, 1.82) is 0 Å². The third-order valence-corrected chi connectivity index (χ3v) is 11.0. The average molecular weight is 631 g/mol. The monoisotopic (exact) mass is 629 g/mol. The summed E-state index contributed by atoms with van der Waals surface area (Å²) in [5.41, 5.74) is 1.90. The average Bonchev–Trinajstić information content (AvgIpc) is 3.31. The Morgan fingerprint density at radius 1 is 1.05 bits per heavy atom. The fourth-order valence-corrected chi connectivity index (χ4v) is 8.45. The van der Waals surface area contributed by atoms with E-state index in [9.17, 15) is 13.2 Å². The second-order valence-corrected chi connectivity index (χ2v) is 14.5. The number of carbonyl (C=O) groups is 1. The molecule has 0 N–H and O–H groups in total. The number of ether oxygens (including phenoxy) is 1. The molecule has 42 heavy (non-hydrogen) atoms. The fraction of sp³-hybridized carbons (Fsp3) is 0.438. The van der Waals surface area contributed by atoms with Gasteiger partial charge in [-0.1, -0.05) is 67.4 Å². The van der Waals surface area contributed by atoms with Crippen LogP contribution in [0.4, 0.5) is 0 Å². The summed E-state index contributed by atoms with van der Waals surface area (Å²) in [5, 5.41) is 1.23. The van der Waals surface area contributed by atoms with Crippen molar-refractivity contribution in [2.45, 2.75) is 57.5 Å². The van der Waals surface area contributed by atoms with Crippen molar-refractivity contribution in [2.24, 2.45) is 5.41 Å². The third kappa shape index (κ3) is 6.32. The Morgan fingerprint density at radius 2 is 1.79 bits per heavy atom. The molecule has 3 heterocycles. The van der Waals surface area contributed by atoms with Crippen LogP contribution in [0.25, 0.3) is 0 Å². The highest BCUT2D eigenvalue weighted by Gasteiger charge is 2.52. The lowest BCUT2D eigenvalue weighted by Gasteiger charge is -2.52. The first-order valence-corrected chi connectivity index (χ1v) is 16.7. The topological polar surface area (TPSA) is 79.8 Å². The number of carbonyl (C=O) groups excluding carboxylic acids is 1. The third-order valence-electron chi connectivity index (χ3n) is 8.63. The van der Waals surface area contributed by atoms with Crippen molar-refractivity contribution in [2.75, 3.05) is 26.0 Å². The molecule has 0 bridgehead atoms. The number of hydrogen-bond acceptors (Lipinski definition) is 5. The number of rotatable bonds is 9. The molecule has 3 aromatic rings. The van der Waals surface area contributed by atoms with Crippen LogP contribution < -0.4 is 4.74 Å². The molecule has 4 atom stereocenters. The second kappa shape index (κ2) is 12.5. The molecule has 2 aromatic carbocycles. The summed E-state index contributed by atoms with van der Waals surface area (Å²) in [7, 11) is -1.78. The first kappa shape index (κ1) is 30.8. The molecular weight excluding hydrogens is 593 g/mol. The molecule has 10 heteroatoms.